The number of ether oxygens (including phenoxy) is 2. The summed E-state index contributed by atoms with van der Waals surface area (Å²) >= 11 is 0. The van der Waals surface area contributed by atoms with Crippen LogP contribution in [0.4, 0.5) is 10.1 Å². The Morgan fingerprint density at radius 1 is 1.09 bits per heavy atom. The maximum atomic E-state index is 14.2. The Hall–Kier alpha value is -1.91. The zero-order chi connectivity index (χ0) is 16.0. The third kappa shape index (κ3) is 2.42. The lowest BCUT2D eigenvalue weighted by molar-refractivity contribution is 0.0365. The van der Waals surface area contributed by atoms with Crippen LogP contribution in [0.1, 0.15) is 48.6 Å². The third-order valence-electron chi connectivity index (χ3n) is 4.74. The highest BCUT2D eigenvalue weighted by atomic mass is 19.1. The number of anilines is 1. The number of hydrogen-bond acceptors (Lipinski definition) is 3. The van der Waals surface area contributed by atoms with E-state index in [1.807, 2.05) is 6.07 Å². The standard InChI is InChI=1S/C19H20FNO2/c1-11(2)12-7-8-16-14(9-12)18-19(23-10-22-18)17(21-16)13-5-3-4-6-15(13)20/h3-9,11,17-19,21H,10H2,1-2H3. The van der Waals surface area contributed by atoms with Gasteiger partial charge < -0.3 is 14.8 Å². The molecule has 4 heteroatoms. The molecular formula is C19H20FNO2. The first-order valence-electron chi connectivity index (χ1n) is 8.03. The monoisotopic (exact) mass is 313 g/mol. The van der Waals surface area contributed by atoms with E-state index in [1.54, 1.807) is 12.1 Å². The first kappa shape index (κ1) is 14.7. The number of fused-ring (bicyclic) bond motifs is 3. The summed E-state index contributed by atoms with van der Waals surface area (Å²) in [7, 11) is 0. The summed E-state index contributed by atoms with van der Waals surface area (Å²) in [6, 6.07) is 13.0. The number of hydrogen-bond donors (Lipinski definition) is 1. The average molecular weight is 313 g/mol. The highest BCUT2D eigenvalue weighted by molar-refractivity contribution is 5.59. The van der Waals surface area contributed by atoms with Gasteiger partial charge in [-0.25, -0.2) is 4.39 Å². The van der Waals surface area contributed by atoms with E-state index in [9.17, 15) is 4.39 Å². The van der Waals surface area contributed by atoms with E-state index in [4.69, 9.17) is 9.47 Å². The highest BCUT2D eigenvalue weighted by Gasteiger charge is 2.43. The first-order chi connectivity index (χ1) is 11.1. The zero-order valence-electron chi connectivity index (χ0n) is 13.3. The van der Waals surface area contributed by atoms with Crippen molar-refractivity contribution < 1.29 is 13.9 Å². The molecule has 23 heavy (non-hydrogen) atoms. The van der Waals surface area contributed by atoms with Crippen LogP contribution in [0.15, 0.2) is 42.5 Å². The molecule has 0 aromatic heterocycles. The maximum Gasteiger partial charge on any atom is 0.148 e. The molecule has 120 valence electrons. The average Bonchev–Trinajstić information content (AvgIpc) is 3.04. The minimum Gasteiger partial charge on any atom is -0.375 e. The molecular weight excluding hydrogens is 293 g/mol. The Morgan fingerprint density at radius 3 is 2.70 bits per heavy atom. The number of halogens is 1. The fourth-order valence-electron chi connectivity index (χ4n) is 3.45. The van der Waals surface area contributed by atoms with Gasteiger partial charge in [-0.3, -0.25) is 0 Å². The maximum absolute atomic E-state index is 14.2. The molecule has 0 amide bonds. The van der Waals surface area contributed by atoms with Gasteiger partial charge in [-0.1, -0.05) is 44.2 Å². The van der Waals surface area contributed by atoms with Crippen LogP contribution in [0.2, 0.25) is 0 Å². The molecule has 3 atom stereocenters. The quantitative estimate of drug-likeness (QED) is 0.883. The Bertz CT molecular complexity index is 731. The lowest BCUT2D eigenvalue weighted by atomic mass is 9.86. The van der Waals surface area contributed by atoms with Crippen LogP contribution in [0, 0.1) is 5.82 Å². The van der Waals surface area contributed by atoms with Crippen molar-refractivity contribution in [3.63, 3.8) is 0 Å². The van der Waals surface area contributed by atoms with Crippen molar-refractivity contribution in [3.05, 3.63) is 65.0 Å². The van der Waals surface area contributed by atoms with Crippen LogP contribution in [-0.2, 0) is 9.47 Å². The van der Waals surface area contributed by atoms with Crippen LogP contribution >= 0.6 is 0 Å². The van der Waals surface area contributed by atoms with Crippen molar-refractivity contribution in [2.24, 2.45) is 0 Å². The predicted molar refractivity (Wildman–Crippen MR) is 86.9 cm³/mol. The van der Waals surface area contributed by atoms with Crippen molar-refractivity contribution >= 4 is 5.69 Å². The van der Waals surface area contributed by atoms with E-state index in [0.717, 1.165) is 11.3 Å². The van der Waals surface area contributed by atoms with Gasteiger partial charge in [-0.2, -0.15) is 0 Å². The normalized spacial score (nSPS) is 25.8. The molecule has 2 heterocycles. The zero-order valence-corrected chi connectivity index (χ0v) is 13.3. The van der Waals surface area contributed by atoms with E-state index < -0.39 is 0 Å². The molecule has 0 radical (unpaired) electrons. The molecule has 1 N–H and O–H groups in total. The van der Waals surface area contributed by atoms with E-state index in [1.165, 1.54) is 11.6 Å². The molecule has 3 nitrogen and oxygen atoms in total. The Morgan fingerprint density at radius 2 is 1.91 bits per heavy atom. The van der Waals surface area contributed by atoms with Crippen molar-refractivity contribution in [1.82, 2.24) is 0 Å². The lowest BCUT2D eigenvalue weighted by Gasteiger charge is -2.35. The van der Waals surface area contributed by atoms with Crippen LogP contribution in [0.5, 0.6) is 0 Å². The minimum absolute atomic E-state index is 0.158. The topological polar surface area (TPSA) is 30.5 Å². The molecule has 2 aliphatic rings. The van der Waals surface area contributed by atoms with E-state index >= 15 is 0 Å². The van der Waals surface area contributed by atoms with Gasteiger partial charge in [0.15, 0.2) is 0 Å². The van der Waals surface area contributed by atoms with Crippen molar-refractivity contribution in [2.75, 3.05) is 12.1 Å². The summed E-state index contributed by atoms with van der Waals surface area (Å²) in [5.41, 5.74) is 3.98. The Kier molecular flexibility index (Phi) is 3.58. The highest BCUT2D eigenvalue weighted by Crippen LogP contribution is 2.46. The molecule has 4 rings (SSSR count). The largest absolute Gasteiger partial charge is 0.375 e. The summed E-state index contributed by atoms with van der Waals surface area (Å²) in [6.45, 7) is 4.58. The molecule has 0 aliphatic carbocycles. The molecule has 1 fully saturated rings. The first-order valence-corrected chi connectivity index (χ1v) is 8.03. The van der Waals surface area contributed by atoms with Gasteiger partial charge in [0.2, 0.25) is 0 Å². The number of benzene rings is 2. The second-order valence-corrected chi connectivity index (χ2v) is 6.48. The van der Waals surface area contributed by atoms with E-state index in [-0.39, 0.29) is 30.9 Å². The lowest BCUT2D eigenvalue weighted by Crippen LogP contribution is -2.35. The van der Waals surface area contributed by atoms with Crippen molar-refractivity contribution in [1.29, 1.82) is 0 Å². The summed E-state index contributed by atoms with van der Waals surface area (Å²) in [5, 5.41) is 3.45. The van der Waals surface area contributed by atoms with Gasteiger partial charge >= 0.3 is 0 Å². The van der Waals surface area contributed by atoms with Gasteiger partial charge in [0.05, 0.1) is 6.04 Å². The van der Waals surface area contributed by atoms with Gasteiger partial charge in [0, 0.05) is 16.8 Å². The Labute approximate surface area is 135 Å². The summed E-state index contributed by atoms with van der Waals surface area (Å²) < 4.78 is 25.9. The minimum atomic E-state index is -0.249. The summed E-state index contributed by atoms with van der Waals surface area (Å²) in [6.07, 6.45) is -0.378. The van der Waals surface area contributed by atoms with Crippen LogP contribution in [0.25, 0.3) is 0 Å². The van der Waals surface area contributed by atoms with Crippen molar-refractivity contribution in [2.45, 2.75) is 38.0 Å². The molecule has 0 bridgehead atoms. The predicted octanol–water partition coefficient (Wildman–Crippen LogP) is 4.53. The second-order valence-electron chi connectivity index (χ2n) is 6.48. The van der Waals surface area contributed by atoms with Gasteiger partial charge in [0.25, 0.3) is 0 Å². The molecule has 1 saturated heterocycles. The number of nitrogens with one attached hydrogen (secondary N) is 1. The molecule has 0 saturated carbocycles. The van der Waals surface area contributed by atoms with Gasteiger partial charge in [-0.15, -0.1) is 0 Å². The molecule has 0 spiro atoms. The SMILES string of the molecule is CC(C)c1ccc2c(c1)C1OCOC1C(c1ccccc1F)N2. The molecule has 3 unspecified atom stereocenters. The fraction of sp³-hybridized carbons (Fsp3) is 0.368. The molecule has 2 aromatic carbocycles. The third-order valence-corrected chi connectivity index (χ3v) is 4.74. The molecule has 2 aromatic rings. The second kappa shape index (κ2) is 5.62. The smallest absolute Gasteiger partial charge is 0.148 e. The fourth-order valence-corrected chi connectivity index (χ4v) is 3.45. The number of rotatable bonds is 2. The van der Waals surface area contributed by atoms with E-state index in [2.05, 4.69) is 37.4 Å². The van der Waals surface area contributed by atoms with Gasteiger partial charge in [-0.05, 0) is 23.6 Å². The summed E-state index contributed by atoms with van der Waals surface area (Å²) in [5.74, 6) is 0.229. The van der Waals surface area contributed by atoms with Crippen LogP contribution < -0.4 is 5.32 Å². The Balaban J connectivity index is 1.78. The van der Waals surface area contributed by atoms with Crippen LogP contribution in [0.3, 0.4) is 0 Å². The van der Waals surface area contributed by atoms with Crippen LogP contribution in [-0.4, -0.2) is 12.9 Å². The summed E-state index contributed by atoms with van der Waals surface area (Å²) in [4.78, 5) is 0. The van der Waals surface area contributed by atoms with Gasteiger partial charge in [0.1, 0.15) is 24.8 Å². The van der Waals surface area contributed by atoms with E-state index in [0.29, 0.717) is 11.5 Å². The molecule has 2 aliphatic heterocycles. The van der Waals surface area contributed by atoms with Crippen molar-refractivity contribution in [3.8, 4) is 0 Å².